The van der Waals surface area contributed by atoms with E-state index in [4.69, 9.17) is 28.4 Å². The molecule has 6 heterocycles. The van der Waals surface area contributed by atoms with E-state index >= 15 is 28.8 Å². The molecule has 0 spiro atoms. The molecule has 0 bridgehead atoms. The number of carbonyl (C=O) groups excluding carboxylic acids is 12. The van der Waals surface area contributed by atoms with Crippen LogP contribution in [0.1, 0.15) is 296 Å². The van der Waals surface area contributed by atoms with Gasteiger partial charge in [-0.05, 0) is 253 Å². The van der Waals surface area contributed by atoms with Crippen LogP contribution < -0.4 is 0 Å². The summed E-state index contributed by atoms with van der Waals surface area (Å²) in [4.78, 5) is 187. The highest BCUT2D eigenvalue weighted by atomic mass is 16.5. The van der Waals surface area contributed by atoms with Crippen LogP contribution in [-0.4, -0.2) is 217 Å². The molecule has 6 aliphatic rings. The molecule has 0 fully saturated rings. The fourth-order valence-electron chi connectivity index (χ4n) is 24.2. The molecule has 12 amide bonds. The number of rotatable bonds is 46. The lowest BCUT2D eigenvalue weighted by molar-refractivity contribution is -0.0841. The largest absolute Gasteiger partial charge is 0.381 e. The van der Waals surface area contributed by atoms with Gasteiger partial charge in [0.1, 0.15) is 0 Å². The fourth-order valence-corrected chi connectivity index (χ4v) is 24.2. The molecule has 15 aromatic carbocycles. The van der Waals surface area contributed by atoms with Crippen molar-refractivity contribution in [2.75, 3.05) is 98.9 Å². The maximum absolute atomic E-state index is 15.3. The standard InChI is InChI=1S/C120H122N6O18/c1-11-18-24-69(14-4)60-139-54-21-51-121-108(127)84-39-27-72-78-33-45-90-105-91(46-34-79(99(78)105)73-28-40-85(109(121)128)102(84)96(72)73)115(134)124(114(90)133)66(8)57-142-63-120(17-7,64-143-58-67(9)125-116(135)92-47-35-80-74-29-41-86-103-87(42-30-75(97(74)103)81-36-48-93(117(125)136)106(92)100(80)81)111(130)122(110(86)129)52-22-55-140-61-70(15-5)25-19-12-2)65-144-59-68(10)126-118(137)94-49-37-82-76-31-43-88-104-89(44-32-77(98(76)104)83-38-50-95(119(126)138)107(94)101(82)83)113(132)123(112(88)131)53-23-56-141-62-71(16-6)26-20-13-3/h27-50,66-71H,11-26,51-65H2,1-10H3. The molecule has 15 aromatic rings. The zero-order valence-electron chi connectivity index (χ0n) is 83.8. The molecule has 24 heteroatoms. The second kappa shape index (κ2) is 39.4. The lowest BCUT2D eigenvalue weighted by atomic mass is 9.82. The van der Waals surface area contributed by atoms with Gasteiger partial charge in [-0.15, -0.1) is 0 Å². The third-order valence-corrected chi connectivity index (χ3v) is 32.3. The Bertz CT molecular complexity index is 6790. The van der Waals surface area contributed by atoms with Gasteiger partial charge < -0.3 is 28.4 Å². The SMILES string of the molecule is CCCCC(CC)COCCCN1C(=O)c2ccc3c4ccc5c6c(ccc(c7ccc(c2c37)C1=O)c64)C(=O)N(C(C)COCC(CC)(COCC(C)N1C(=O)c2ccc3c4ccc6c7c(ccc(c8ccc(c2c38)C1=O)c74)C(=O)N(CCCOCC(CC)CCCC)C6=O)COCC(C)N1C(=O)c2ccc3c4ccc6c7c(ccc(c8ccc(c2c38)C1=O)c74)C(=O)N(CCCOCC(CC)CCCC)C6=O)C5=O. The smallest absolute Gasteiger partial charge is 0.261 e. The summed E-state index contributed by atoms with van der Waals surface area (Å²) in [7, 11) is 0. The Labute approximate surface area is 835 Å². The zero-order chi connectivity index (χ0) is 100. The first-order chi connectivity index (χ1) is 69.9. The topological polar surface area (TPSA) is 280 Å². The second-order valence-electron chi connectivity index (χ2n) is 41.1. The van der Waals surface area contributed by atoms with Gasteiger partial charge in [-0.25, -0.2) is 0 Å². The maximum Gasteiger partial charge on any atom is 0.261 e. The van der Waals surface area contributed by atoms with E-state index in [-0.39, 0.29) is 94.7 Å². The van der Waals surface area contributed by atoms with E-state index in [9.17, 15) is 28.8 Å². The van der Waals surface area contributed by atoms with Crippen LogP contribution in [-0.2, 0) is 28.4 Å². The van der Waals surface area contributed by atoms with Crippen LogP contribution in [0.15, 0.2) is 146 Å². The van der Waals surface area contributed by atoms with Crippen LogP contribution in [0, 0.1) is 23.2 Å². The van der Waals surface area contributed by atoms with Crippen molar-refractivity contribution < 1.29 is 86.0 Å². The van der Waals surface area contributed by atoms with Gasteiger partial charge in [-0.3, -0.25) is 86.9 Å². The summed E-state index contributed by atoms with van der Waals surface area (Å²) < 4.78 is 38.6. The van der Waals surface area contributed by atoms with Gasteiger partial charge in [-0.1, -0.05) is 179 Å². The number of unbranched alkanes of at least 4 members (excludes halogenated alkanes) is 3. The highest BCUT2D eigenvalue weighted by Gasteiger charge is 2.46. The number of benzene rings is 15. The van der Waals surface area contributed by atoms with Gasteiger partial charge in [0.2, 0.25) is 0 Å². The predicted molar refractivity (Wildman–Crippen MR) is 560 cm³/mol. The molecule has 0 saturated heterocycles. The molecule has 6 unspecified atom stereocenters. The quantitative estimate of drug-likeness (QED) is 0.0148. The number of hydrogen-bond acceptors (Lipinski definition) is 18. The highest BCUT2D eigenvalue weighted by molar-refractivity contribution is 6.46. The van der Waals surface area contributed by atoms with Crippen LogP contribution in [0.25, 0.3) is 129 Å². The molecule has 0 N–H and O–H groups in total. The van der Waals surface area contributed by atoms with Crippen LogP contribution in [0.2, 0.25) is 0 Å². The minimum absolute atomic E-state index is 0.0786. The number of hydrogen-bond donors (Lipinski definition) is 0. The molecule has 24 nitrogen and oxygen atoms in total. The molecule has 740 valence electrons. The molecule has 0 radical (unpaired) electrons. The van der Waals surface area contributed by atoms with Gasteiger partial charge in [0, 0.05) is 164 Å². The van der Waals surface area contributed by atoms with Crippen molar-refractivity contribution in [3.63, 3.8) is 0 Å². The van der Waals surface area contributed by atoms with Crippen molar-refractivity contribution in [2.24, 2.45) is 23.2 Å². The Morgan fingerprint density at radius 2 is 0.403 bits per heavy atom. The molecule has 21 rings (SSSR count). The molecule has 0 aromatic heterocycles. The fraction of sp³-hybridized carbons (Fsp3) is 0.400. The third-order valence-electron chi connectivity index (χ3n) is 32.3. The Hall–Kier alpha value is -13.2. The van der Waals surface area contributed by atoms with E-state index in [0.717, 1.165) is 158 Å². The van der Waals surface area contributed by atoms with Crippen LogP contribution in [0.3, 0.4) is 0 Å². The van der Waals surface area contributed by atoms with E-state index in [1.165, 1.54) is 29.4 Å². The first kappa shape index (κ1) is 96.9. The molecular formula is C120H122N6O18. The summed E-state index contributed by atoms with van der Waals surface area (Å²) in [6.07, 6.45) is 15.0. The number of carbonyl (C=O) groups is 12. The van der Waals surface area contributed by atoms with Crippen molar-refractivity contribution in [1.29, 1.82) is 0 Å². The zero-order valence-corrected chi connectivity index (χ0v) is 83.8. The van der Waals surface area contributed by atoms with Crippen LogP contribution in [0.4, 0.5) is 0 Å². The van der Waals surface area contributed by atoms with Crippen molar-refractivity contribution in [3.8, 4) is 0 Å². The van der Waals surface area contributed by atoms with Crippen molar-refractivity contribution in [2.45, 2.75) is 190 Å². The summed E-state index contributed by atoms with van der Waals surface area (Å²) in [6.45, 7) is 23.4. The maximum atomic E-state index is 15.3. The van der Waals surface area contributed by atoms with Gasteiger partial charge in [0.05, 0.1) is 57.8 Å². The Kier molecular flexibility index (Phi) is 26.5. The van der Waals surface area contributed by atoms with Crippen molar-refractivity contribution >= 4 is 200 Å². The van der Waals surface area contributed by atoms with Gasteiger partial charge in [0.15, 0.2) is 0 Å². The molecule has 6 aliphatic heterocycles. The van der Waals surface area contributed by atoms with Crippen LogP contribution >= 0.6 is 0 Å². The number of nitrogens with zero attached hydrogens (tertiary/aromatic N) is 6. The number of ether oxygens (including phenoxy) is 6. The molecular weight excluding hydrogens is 1810 g/mol. The lowest BCUT2D eigenvalue weighted by Crippen LogP contribution is -2.49. The van der Waals surface area contributed by atoms with E-state index in [2.05, 4.69) is 41.5 Å². The average molecular weight is 1940 g/mol. The first-order valence-corrected chi connectivity index (χ1v) is 52.2. The summed E-state index contributed by atoms with van der Waals surface area (Å²) in [5.74, 6) is -4.01. The number of imide groups is 6. The van der Waals surface area contributed by atoms with Crippen molar-refractivity contribution in [3.05, 3.63) is 212 Å². The van der Waals surface area contributed by atoms with Crippen LogP contribution in [0.5, 0.6) is 0 Å². The second-order valence-corrected chi connectivity index (χ2v) is 41.1. The van der Waals surface area contributed by atoms with Gasteiger partial charge >= 0.3 is 0 Å². The van der Waals surface area contributed by atoms with E-state index < -0.39 is 59.0 Å². The molecule has 6 atom stereocenters. The Balaban J connectivity index is 0.533. The first-order valence-electron chi connectivity index (χ1n) is 52.2. The lowest BCUT2D eigenvalue weighted by Gasteiger charge is -2.37. The Morgan fingerprint density at radius 1 is 0.222 bits per heavy atom. The van der Waals surface area contributed by atoms with E-state index in [1.54, 1.807) is 93.6 Å². The minimum Gasteiger partial charge on any atom is -0.381 e. The summed E-state index contributed by atoms with van der Waals surface area (Å²) in [5.41, 5.74) is 3.35. The normalized spacial score (nSPS) is 16.7. The van der Waals surface area contributed by atoms with E-state index in [1.807, 2.05) is 79.7 Å². The predicted octanol–water partition coefficient (Wildman–Crippen LogP) is 23.3. The van der Waals surface area contributed by atoms with E-state index in [0.29, 0.717) is 198 Å². The average Bonchev–Trinajstić information content (AvgIpc) is 0.695. The molecule has 0 saturated carbocycles. The molecule has 0 aliphatic carbocycles. The van der Waals surface area contributed by atoms with Gasteiger partial charge in [-0.2, -0.15) is 0 Å². The molecule has 144 heavy (non-hydrogen) atoms. The monoisotopic (exact) mass is 1930 g/mol. The van der Waals surface area contributed by atoms with Gasteiger partial charge in [0.25, 0.3) is 70.9 Å². The summed E-state index contributed by atoms with van der Waals surface area (Å²) >= 11 is 0. The number of amides is 12. The third kappa shape index (κ3) is 15.8. The summed E-state index contributed by atoms with van der Waals surface area (Å²) in [5, 5.41) is 16.7. The van der Waals surface area contributed by atoms with Crippen molar-refractivity contribution in [1.82, 2.24) is 29.4 Å². The Morgan fingerprint density at radius 3 is 0.569 bits per heavy atom. The minimum atomic E-state index is -1.06. The highest BCUT2D eigenvalue weighted by Crippen LogP contribution is 2.52. The number of fused-ring (bicyclic) bond motifs is 6. The summed E-state index contributed by atoms with van der Waals surface area (Å²) in [6, 6.07) is 41.2.